The van der Waals surface area contributed by atoms with Gasteiger partial charge in [-0.3, -0.25) is 4.79 Å². The van der Waals surface area contributed by atoms with Crippen LogP contribution in [0.2, 0.25) is 0 Å². The van der Waals surface area contributed by atoms with Crippen LogP contribution in [0.3, 0.4) is 0 Å². The van der Waals surface area contributed by atoms with Gasteiger partial charge in [-0.05, 0) is 26.7 Å². The Hall–Kier alpha value is -1.09. The number of carbonyl (C=O) groups is 1. The van der Waals surface area contributed by atoms with Crippen LogP contribution in [0.25, 0.3) is 0 Å². The largest absolute Gasteiger partial charge is 0.461 e. The lowest BCUT2D eigenvalue weighted by Gasteiger charge is -2.44. The standard InChI is InChI=1S/C16H27NO2/c1-10-8-7-9-11(2)16(10,6)12(3)14(5)19-15(18)13(4)17/h7-10,12-14H,17H2,1-6H3/t10?,12-,13-,14+,16?/m0/s1. The Kier molecular flexibility index (Phi) is 4.97. The molecule has 5 atom stereocenters. The van der Waals surface area contributed by atoms with Crippen LogP contribution in [0.5, 0.6) is 0 Å². The fourth-order valence-corrected chi connectivity index (χ4v) is 2.76. The zero-order valence-electron chi connectivity index (χ0n) is 12.9. The Balaban J connectivity index is 2.86. The van der Waals surface area contributed by atoms with E-state index in [1.807, 2.05) is 6.92 Å². The van der Waals surface area contributed by atoms with Crippen molar-refractivity contribution in [2.24, 2.45) is 23.0 Å². The molecule has 1 aliphatic carbocycles. The molecule has 0 amide bonds. The summed E-state index contributed by atoms with van der Waals surface area (Å²) < 4.78 is 5.47. The number of ether oxygens (including phenoxy) is 1. The first-order valence-electron chi connectivity index (χ1n) is 7.02. The second-order valence-corrected chi connectivity index (χ2v) is 6.03. The van der Waals surface area contributed by atoms with Crippen LogP contribution in [-0.2, 0) is 9.53 Å². The van der Waals surface area contributed by atoms with E-state index in [1.54, 1.807) is 6.92 Å². The number of nitrogens with two attached hydrogens (primary N) is 1. The number of hydrogen-bond donors (Lipinski definition) is 1. The van der Waals surface area contributed by atoms with Gasteiger partial charge in [0.2, 0.25) is 0 Å². The SMILES string of the molecule is CC1=CC=CC(C)C1(C)[C@@H](C)[C@@H](C)OC(=O)[C@H](C)N. The Morgan fingerprint density at radius 2 is 2.00 bits per heavy atom. The smallest absolute Gasteiger partial charge is 0.322 e. The fourth-order valence-electron chi connectivity index (χ4n) is 2.76. The molecule has 1 aliphatic rings. The summed E-state index contributed by atoms with van der Waals surface area (Å²) in [5, 5.41) is 0. The van der Waals surface area contributed by atoms with Gasteiger partial charge in [0.05, 0.1) is 0 Å². The lowest BCUT2D eigenvalue weighted by atomic mass is 9.61. The second-order valence-electron chi connectivity index (χ2n) is 6.03. The summed E-state index contributed by atoms with van der Waals surface area (Å²) in [6.45, 7) is 12.4. The molecular formula is C16H27NO2. The summed E-state index contributed by atoms with van der Waals surface area (Å²) in [7, 11) is 0. The van der Waals surface area contributed by atoms with Crippen molar-refractivity contribution in [2.75, 3.05) is 0 Å². The van der Waals surface area contributed by atoms with Gasteiger partial charge in [0.1, 0.15) is 12.1 Å². The van der Waals surface area contributed by atoms with Crippen molar-refractivity contribution in [3.05, 3.63) is 23.8 Å². The van der Waals surface area contributed by atoms with E-state index < -0.39 is 6.04 Å². The molecular weight excluding hydrogens is 238 g/mol. The fraction of sp³-hybridized carbons (Fsp3) is 0.688. The van der Waals surface area contributed by atoms with Crippen molar-refractivity contribution < 1.29 is 9.53 Å². The van der Waals surface area contributed by atoms with Crippen LogP contribution in [0, 0.1) is 17.3 Å². The highest BCUT2D eigenvalue weighted by atomic mass is 16.5. The number of rotatable bonds is 4. The van der Waals surface area contributed by atoms with Crippen molar-refractivity contribution in [1.29, 1.82) is 0 Å². The third-order valence-electron chi connectivity index (χ3n) is 4.87. The van der Waals surface area contributed by atoms with Gasteiger partial charge in [0.25, 0.3) is 0 Å². The lowest BCUT2D eigenvalue weighted by molar-refractivity contribution is -0.154. The second kappa shape index (κ2) is 5.91. The molecule has 2 N–H and O–H groups in total. The molecule has 0 aromatic carbocycles. The molecule has 0 aromatic heterocycles. The molecule has 0 bridgehead atoms. The predicted molar refractivity (Wildman–Crippen MR) is 78.5 cm³/mol. The van der Waals surface area contributed by atoms with Gasteiger partial charge < -0.3 is 10.5 Å². The molecule has 0 aromatic rings. The van der Waals surface area contributed by atoms with Crippen molar-refractivity contribution in [3.63, 3.8) is 0 Å². The lowest BCUT2D eigenvalue weighted by Crippen LogP contribution is -2.42. The number of hydrogen-bond acceptors (Lipinski definition) is 3. The van der Waals surface area contributed by atoms with E-state index in [2.05, 4.69) is 45.9 Å². The third kappa shape index (κ3) is 3.08. The van der Waals surface area contributed by atoms with E-state index in [-0.39, 0.29) is 23.4 Å². The molecule has 0 heterocycles. The van der Waals surface area contributed by atoms with E-state index in [0.717, 1.165) is 0 Å². The average Bonchev–Trinajstić information content (AvgIpc) is 2.34. The predicted octanol–water partition coefficient (Wildman–Crippen LogP) is 3.06. The van der Waals surface area contributed by atoms with Gasteiger partial charge in [-0.1, -0.05) is 44.6 Å². The van der Waals surface area contributed by atoms with Crippen molar-refractivity contribution in [3.8, 4) is 0 Å². The van der Waals surface area contributed by atoms with Crippen molar-refractivity contribution in [2.45, 2.75) is 53.7 Å². The van der Waals surface area contributed by atoms with Crippen LogP contribution in [0.1, 0.15) is 41.5 Å². The van der Waals surface area contributed by atoms with E-state index in [4.69, 9.17) is 10.5 Å². The first kappa shape index (κ1) is 16.0. The van der Waals surface area contributed by atoms with Crippen molar-refractivity contribution >= 4 is 5.97 Å². The molecule has 0 saturated carbocycles. The summed E-state index contributed by atoms with van der Waals surface area (Å²) in [5.74, 6) is 0.318. The zero-order chi connectivity index (χ0) is 14.8. The van der Waals surface area contributed by atoms with E-state index in [0.29, 0.717) is 5.92 Å². The summed E-state index contributed by atoms with van der Waals surface area (Å²) in [4.78, 5) is 11.6. The maximum Gasteiger partial charge on any atom is 0.322 e. The summed E-state index contributed by atoms with van der Waals surface area (Å²) in [5.41, 5.74) is 6.89. The van der Waals surface area contributed by atoms with E-state index in [1.165, 1.54) is 5.57 Å². The van der Waals surface area contributed by atoms with Gasteiger partial charge in [-0.15, -0.1) is 0 Å². The number of esters is 1. The summed E-state index contributed by atoms with van der Waals surface area (Å²) >= 11 is 0. The van der Waals surface area contributed by atoms with Gasteiger partial charge >= 0.3 is 5.97 Å². The maximum absolute atomic E-state index is 11.6. The van der Waals surface area contributed by atoms with Crippen LogP contribution in [-0.4, -0.2) is 18.1 Å². The number of carbonyl (C=O) groups excluding carboxylic acids is 1. The van der Waals surface area contributed by atoms with E-state index in [9.17, 15) is 4.79 Å². The molecule has 1 rings (SSSR count). The van der Waals surface area contributed by atoms with Crippen LogP contribution >= 0.6 is 0 Å². The Labute approximate surface area is 116 Å². The quantitative estimate of drug-likeness (QED) is 0.795. The molecule has 0 radical (unpaired) electrons. The zero-order valence-corrected chi connectivity index (χ0v) is 12.9. The molecule has 0 aliphatic heterocycles. The first-order chi connectivity index (χ1) is 8.71. The van der Waals surface area contributed by atoms with Crippen LogP contribution < -0.4 is 5.73 Å². The highest BCUT2D eigenvalue weighted by Gasteiger charge is 2.41. The topological polar surface area (TPSA) is 52.3 Å². The maximum atomic E-state index is 11.6. The molecule has 3 nitrogen and oxygen atoms in total. The van der Waals surface area contributed by atoms with Crippen molar-refractivity contribution in [1.82, 2.24) is 0 Å². The molecule has 108 valence electrons. The van der Waals surface area contributed by atoms with Gasteiger partial charge in [0.15, 0.2) is 0 Å². The molecule has 0 spiro atoms. The normalized spacial score (nSPS) is 31.3. The third-order valence-corrected chi connectivity index (χ3v) is 4.87. The Morgan fingerprint density at radius 1 is 1.42 bits per heavy atom. The highest BCUT2D eigenvalue weighted by molar-refractivity contribution is 5.75. The molecule has 3 heteroatoms. The molecule has 2 unspecified atom stereocenters. The average molecular weight is 265 g/mol. The Morgan fingerprint density at radius 3 is 2.47 bits per heavy atom. The monoisotopic (exact) mass is 265 g/mol. The molecule has 0 fully saturated rings. The Bertz CT molecular complexity index is 398. The van der Waals surface area contributed by atoms with E-state index >= 15 is 0 Å². The minimum absolute atomic E-state index is 0.00623. The summed E-state index contributed by atoms with van der Waals surface area (Å²) in [6, 6.07) is -0.567. The highest BCUT2D eigenvalue weighted by Crippen LogP contribution is 2.46. The van der Waals surface area contributed by atoms with Crippen LogP contribution in [0.4, 0.5) is 0 Å². The minimum atomic E-state index is -0.567. The first-order valence-corrected chi connectivity index (χ1v) is 7.02. The minimum Gasteiger partial charge on any atom is -0.461 e. The summed E-state index contributed by atoms with van der Waals surface area (Å²) in [6.07, 6.45) is 6.31. The molecule has 19 heavy (non-hydrogen) atoms. The van der Waals surface area contributed by atoms with Gasteiger partial charge in [0, 0.05) is 11.3 Å². The van der Waals surface area contributed by atoms with Crippen LogP contribution in [0.15, 0.2) is 23.8 Å². The van der Waals surface area contributed by atoms with Gasteiger partial charge in [-0.25, -0.2) is 0 Å². The molecule has 0 saturated heterocycles. The number of allylic oxidation sites excluding steroid dienone is 4. The van der Waals surface area contributed by atoms with Gasteiger partial charge in [-0.2, -0.15) is 0 Å².